The van der Waals surface area contributed by atoms with Gasteiger partial charge in [0.2, 0.25) is 0 Å². The first kappa shape index (κ1) is 10.9. The van der Waals surface area contributed by atoms with Crippen LogP contribution >= 0.6 is 0 Å². The van der Waals surface area contributed by atoms with Gasteiger partial charge in [0.15, 0.2) is 0 Å². The minimum Gasteiger partial charge on any atom is -0.301 e. The van der Waals surface area contributed by atoms with Crippen molar-refractivity contribution < 1.29 is 12.8 Å². The van der Waals surface area contributed by atoms with E-state index in [9.17, 15) is 12.8 Å². The maximum atomic E-state index is 12.0. The molecule has 1 fully saturated rings. The van der Waals surface area contributed by atoms with Gasteiger partial charge in [0.1, 0.15) is 16.5 Å². The smallest absolute Gasteiger partial charge is 0.150 e. The molecule has 0 N–H and O–H groups in total. The molecule has 78 valence electrons. The van der Waals surface area contributed by atoms with Crippen molar-refractivity contribution in [2.24, 2.45) is 0 Å². The summed E-state index contributed by atoms with van der Waals surface area (Å²) in [6.07, 6.45) is 1.30. The predicted octanol–water partition coefficient (Wildman–Crippen LogP) is 0.465. The van der Waals surface area contributed by atoms with Crippen LogP contribution in [0.5, 0.6) is 0 Å². The van der Waals surface area contributed by atoms with E-state index in [4.69, 9.17) is 0 Å². The first-order chi connectivity index (χ1) is 6.05. The number of halogens is 1. The second-order valence-corrected chi connectivity index (χ2v) is 5.86. The molecule has 0 spiro atoms. The summed E-state index contributed by atoms with van der Waals surface area (Å²) in [7, 11) is -0.935. The topological polar surface area (TPSA) is 37.4 Å². The SMILES string of the molecule is CN(CCF)C1CCS(=O)(=O)CC1. The Labute approximate surface area is 78.8 Å². The monoisotopic (exact) mass is 209 g/mol. The van der Waals surface area contributed by atoms with E-state index in [1.54, 1.807) is 0 Å². The Morgan fingerprint density at radius 2 is 1.92 bits per heavy atom. The second-order valence-electron chi connectivity index (χ2n) is 3.55. The highest BCUT2D eigenvalue weighted by atomic mass is 32.2. The van der Waals surface area contributed by atoms with Crippen molar-refractivity contribution in [3.05, 3.63) is 0 Å². The van der Waals surface area contributed by atoms with Gasteiger partial charge in [0, 0.05) is 12.6 Å². The molecule has 0 radical (unpaired) electrons. The normalized spacial score (nSPS) is 23.6. The largest absolute Gasteiger partial charge is 0.301 e. The highest BCUT2D eigenvalue weighted by Gasteiger charge is 2.25. The fraction of sp³-hybridized carbons (Fsp3) is 1.00. The molecule has 1 saturated heterocycles. The van der Waals surface area contributed by atoms with Crippen LogP contribution in [0.15, 0.2) is 0 Å². The zero-order valence-corrected chi connectivity index (χ0v) is 8.69. The molecule has 1 aliphatic heterocycles. The molecule has 1 heterocycles. The number of rotatable bonds is 3. The van der Waals surface area contributed by atoms with E-state index in [0.29, 0.717) is 19.4 Å². The van der Waals surface area contributed by atoms with Crippen molar-refractivity contribution in [2.75, 3.05) is 31.8 Å². The van der Waals surface area contributed by atoms with Crippen molar-refractivity contribution in [3.63, 3.8) is 0 Å². The minimum absolute atomic E-state index is 0.249. The van der Waals surface area contributed by atoms with Gasteiger partial charge in [0.05, 0.1) is 11.5 Å². The summed E-state index contributed by atoms with van der Waals surface area (Å²) in [5, 5.41) is 0. The summed E-state index contributed by atoms with van der Waals surface area (Å²) in [5.74, 6) is 0.516. The van der Waals surface area contributed by atoms with Crippen LogP contribution in [0.4, 0.5) is 4.39 Å². The van der Waals surface area contributed by atoms with Crippen molar-refractivity contribution in [1.29, 1.82) is 0 Å². The summed E-state index contributed by atoms with van der Waals surface area (Å²) < 4.78 is 34.2. The third-order valence-corrected chi connectivity index (χ3v) is 4.30. The lowest BCUT2D eigenvalue weighted by Gasteiger charge is -2.30. The number of hydrogen-bond donors (Lipinski definition) is 0. The average Bonchev–Trinajstić information content (AvgIpc) is 2.04. The van der Waals surface area contributed by atoms with Crippen molar-refractivity contribution in [2.45, 2.75) is 18.9 Å². The average molecular weight is 209 g/mol. The van der Waals surface area contributed by atoms with Gasteiger partial charge in [-0.25, -0.2) is 12.8 Å². The molecule has 0 amide bonds. The first-order valence-corrected chi connectivity index (χ1v) is 6.34. The Kier molecular flexibility index (Phi) is 3.67. The van der Waals surface area contributed by atoms with E-state index >= 15 is 0 Å². The van der Waals surface area contributed by atoms with Crippen LogP contribution in [-0.2, 0) is 9.84 Å². The number of hydrogen-bond acceptors (Lipinski definition) is 3. The van der Waals surface area contributed by atoms with Gasteiger partial charge in [-0.15, -0.1) is 0 Å². The van der Waals surface area contributed by atoms with Crippen LogP contribution in [0.2, 0.25) is 0 Å². The maximum Gasteiger partial charge on any atom is 0.150 e. The molecule has 0 atom stereocenters. The van der Waals surface area contributed by atoms with E-state index in [0.717, 1.165) is 0 Å². The fourth-order valence-electron chi connectivity index (χ4n) is 1.63. The Balaban J connectivity index is 2.40. The van der Waals surface area contributed by atoms with E-state index < -0.39 is 9.84 Å². The van der Waals surface area contributed by atoms with Gasteiger partial charge < -0.3 is 4.90 Å². The second kappa shape index (κ2) is 4.37. The van der Waals surface area contributed by atoms with Crippen molar-refractivity contribution >= 4 is 9.84 Å². The molecule has 0 unspecified atom stereocenters. The summed E-state index contributed by atoms with van der Waals surface area (Å²) >= 11 is 0. The molecular formula is C8H16FNO2S. The predicted molar refractivity (Wildman–Crippen MR) is 50.3 cm³/mol. The van der Waals surface area contributed by atoms with Gasteiger partial charge in [-0.3, -0.25) is 0 Å². The van der Waals surface area contributed by atoms with Crippen LogP contribution in [0.1, 0.15) is 12.8 Å². The Morgan fingerprint density at radius 1 is 1.38 bits per heavy atom. The molecule has 1 aliphatic rings. The van der Waals surface area contributed by atoms with Crippen LogP contribution in [0.25, 0.3) is 0 Å². The van der Waals surface area contributed by atoms with Crippen molar-refractivity contribution in [3.8, 4) is 0 Å². The zero-order chi connectivity index (χ0) is 9.90. The molecule has 0 bridgehead atoms. The Bertz CT molecular complexity index is 239. The van der Waals surface area contributed by atoms with E-state index in [2.05, 4.69) is 0 Å². The highest BCUT2D eigenvalue weighted by molar-refractivity contribution is 7.91. The number of nitrogens with zero attached hydrogens (tertiary/aromatic N) is 1. The molecule has 1 rings (SSSR count). The summed E-state index contributed by atoms with van der Waals surface area (Å²) in [4.78, 5) is 1.91. The maximum absolute atomic E-state index is 12.0. The third-order valence-electron chi connectivity index (χ3n) is 2.58. The van der Waals surface area contributed by atoms with Gasteiger partial charge in [0.25, 0.3) is 0 Å². The highest BCUT2D eigenvalue weighted by Crippen LogP contribution is 2.16. The van der Waals surface area contributed by atoms with Crippen LogP contribution in [0.3, 0.4) is 0 Å². The van der Waals surface area contributed by atoms with Gasteiger partial charge in [-0.1, -0.05) is 0 Å². The minimum atomic E-state index is -2.78. The van der Waals surface area contributed by atoms with Crippen molar-refractivity contribution in [1.82, 2.24) is 4.90 Å². The van der Waals surface area contributed by atoms with E-state index in [1.165, 1.54) is 0 Å². The van der Waals surface area contributed by atoms with Gasteiger partial charge >= 0.3 is 0 Å². The van der Waals surface area contributed by atoms with Crippen LogP contribution in [0, 0.1) is 0 Å². The fourth-order valence-corrected chi connectivity index (χ4v) is 3.10. The van der Waals surface area contributed by atoms with E-state index in [-0.39, 0.29) is 24.2 Å². The standard InChI is InChI=1S/C8H16FNO2S/c1-10(5-4-9)8-2-6-13(11,12)7-3-8/h8H,2-7H2,1H3. The lowest BCUT2D eigenvalue weighted by molar-refractivity contribution is 0.209. The Hall–Kier alpha value is -0.160. The summed E-state index contributed by atoms with van der Waals surface area (Å²) in [6.45, 7) is 0.0461. The quantitative estimate of drug-likeness (QED) is 0.678. The molecule has 5 heteroatoms. The number of sulfone groups is 1. The number of alkyl halides is 1. The molecule has 0 aromatic rings. The van der Waals surface area contributed by atoms with Gasteiger partial charge in [-0.05, 0) is 19.9 Å². The van der Waals surface area contributed by atoms with Crippen LogP contribution in [-0.4, -0.2) is 51.1 Å². The third kappa shape index (κ3) is 3.23. The Morgan fingerprint density at radius 3 is 2.38 bits per heavy atom. The van der Waals surface area contributed by atoms with E-state index in [1.807, 2.05) is 11.9 Å². The van der Waals surface area contributed by atoms with Gasteiger partial charge in [-0.2, -0.15) is 0 Å². The molecule has 0 saturated carbocycles. The molecule has 13 heavy (non-hydrogen) atoms. The molecule has 0 aromatic heterocycles. The van der Waals surface area contributed by atoms with Crippen LogP contribution < -0.4 is 0 Å². The molecule has 3 nitrogen and oxygen atoms in total. The lowest BCUT2D eigenvalue weighted by Crippen LogP contribution is -2.39. The summed E-state index contributed by atoms with van der Waals surface area (Å²) in [5.41, 5.74) is 0. The molecule has 0 aliphatic carbocycles. The zero-order valence-electron chi connectivity index (χ0n) is 7.87. The molecular weight excluding hydrogens is 193 g/mol. The lowest BCUT2D eigenvalue weighted by atomic mass is 10.1. The molecule has 0 aromatic carbocycles. The summed E-state index contributed by atoms with van der Waals surface area (Å²) in [6, 6.07) is 0.249. The first-order valence-electron chi connectivity index (χ1n) is 4.52.